The fourth-order valence-corrected chi connectivity index (χ4v) is 2.46. The highest BCUT2D eigenvalue weighted by atomic mass is 16.6. The summed E-state index contributed by atoms with van der Waals surface area (Å²) >= 11 is 0. The summed E-state index contributed by atoms with van der Waals surface area (Å²) in [5, 5.41) is 0. The lowest BCUT2D eigenvalue weighted by molar-refractivity contribution is -0.141. The molecule has 0 saturated heterocycles. The van der Waals surface area contributed by atoms with Crippen molar-refractivity contribution in [2.75, 3.05) is 52.9 Å². The van der Waals surface area contributed by atoms with E-state index < -0.39 is 11.9 Å². The molecule has 0 radical (unpaired) electrons. The molecule has 190 valence electrons. The first kappa shape index (κ1) is 29.2. The van der Waals surface area contributed by atoms with E-state index in [0.29, 0.717) is 49.1 Å². The third kappa shape index (κ3) is 11.9. The molecule has 0 aliphatic rings. The van der Waals surface area contributed by atoms with Crippen molar-refractivity contribution in [2.24, 2.45) is 0 Å². The molecule has 8 heteroatoms. The molecule has 0 fully saturated rings. The van der Waals surface area contributed by atoms with Gasteiger partial charge in [-0.3, -0.25) is 0 Å². The molecule has 0 spiro atoms. The molecule has 0 aliphatic heterocycles. The van der Waals surface area contributed by atoms with Crippen molar-refractivity contribution in [1.82, 2.24) is 0 Å². The van der Waals surface area contributed by atoms with Crippen LogP contribution >= 0.6 is 0 Å². The number of ether oxygens (including phenoxy) is 6. The predicted molar refractivity (Wildman–Crippen MR) is 129 cm³/mol. The normalized spacial score (nSPS) is 11.0. The van der Waals surface area contributed by atoms with Crippen molar-refractivity contribution in [3.63, 3.8) is 0 Å². The largest absolute Gasteiger partial charge is 0.487 e. The zero-order chi connectivity index (χ0) is 25.6. The lowest BCUT2D eigenvalue weighted by atomic mass is 9.87. The van der Waals surface area contributed by atoms with E-state index in [4.69, 9.17) is 28.4 Å². The Morgan fingerprint density at radius 1 is 0.706 bits per heavy atom. The lowest BCUT2D eigenvalue weighted by Crippen LogP contribution is -2.16. The number of carbonyl (C=O) groups excluding carboxylic acids is 2. The Labute approximate surface area is 202 Å². The first-order valence-electron chi connectivity index (χ1n) is 11.2. The number of benzene rings is 1. The van der Waals surface area contributed by atoms with Crippen molar-refractivity contribution in [3.8, 4) is 11.5 Å². The van der Waals surface area contributed by atoms with Gasteiger partial charge in [0.15, 0.2) is 11.5 Å². The predicted octanol–water partition coefficient (Wildman–Crippen LogP) is 4.01. The van der Waals surface area contributed by atoms with E-state index in [2.05, 4.69) is 33.9 Å². The maximum absolute atomic E-state index is 11.3. The number of carbonyl (C=O) groups is 2. The highest BCUT2D eigenvalue weighted by Gasteiger charge is 2.17. The Bertz CT molecular complexity index is 823. The molecule has 0 heterocycles. The summed E-state index contributed by atoms with van der Waals surface area (Å²) in [6.07, 6.45) is 0. The molecule has 8 nitrogen and oxygen atoms in total. The highest BCUT2D eigenvalue weighted by molar-refractivity contribution is 5.87. The van der Waals surface area contributed by atoms with Gasteiger partial charge >= 0.3 is 11.9 Å². The van der Waals surface area contributed by atoms with Crippen LogP contribution in [0.15, 0.2) is 42.5 Å². The molecular weight excluding hydrogens is 440 g/mol. The molecule has 0 unspecified atom stereocenters. The fraction of sp³-hybridized carbons (Fsp3) is 0.538. The minimum atomic E-state index is -0.433. The monoisotopic (exact) mass is 478 g/mol. The molecule has 0 N–H and O–H groups in total. The third-order valence-corrected chi connectivity index (χ3v) is 4.40. The zero-order valence-electron chi connectivity index (χ0n) is 21.1. The van der Waals surface area contributed by atoms with Gasteiger partial charge in [-0.15, -0.1) is 0 Å². The van der Waals surface area contributed by atoms with Crippen LogP contribution < -0.4 is 9.47 Å². The molecule has 0 saturated carbocycles. The van der Waals surface area contributed by atoms with Crippen LogP contribution in [0.5, 0.6) is 11.5 Å². The summed E-state index contributed by atoms with van der Waals surface area (Å²) < 4.78 is 32.6. The summed E-state index contributed by atoms with van der Waals surface area (Å²) in [6.45, 7) is 18.7. The van der Waals surface area contributed by atoms with E-state index in [9.17, 15) is 9.59 Å². The van der Waals surface area contributed by atoms with Crippen LogP contribution in [-0.2, 0) is 34.0 Å². The molecule has 0 aliphatic carbocycles. The zero-order valence-corrected chi connectivity index (χ0v) is 21.1. The van der Waals surface area contributed by atoms with Crippen molar-refractivity contribution in [1.29, 1.82) is 0 Å². The molecule has 0 bridgehead atoms. The molecule has 34 heavy (non-hydrogen) atoms. The molecule has 1 rings (SSSR count). The Morgan fingerprint density at radius 3 is 1.59 bits per heavy atom. The van der Waals surface area contributed by atoms with Crippen molar-refractivity contribution >= 4 is 11.9 Å². The van der Waals surface area contributed by atoms with Gasteiger partial charge < -0.3 is 28.4 Å². The third-order valence-electron chi connectivity index (χ3n) is 4.40. The van der Waals surface area contributed by atoms with Gasteiger partial charge in [0, 0.05) is 11.1 Å². The van der Waals surface area contributed by atoms with Gasteiger partial charge in [-0.1, -0.05) is 40.0 Å². The topological polar surface area (TPSA) is 89.5 Å². The van der Waals surface area contributed by atoms with Gasteiger partial charge in [-0.05, 0) is 37.0 Å². The maximum Gasteiger partial charge on any atom is 0.333 e. The molecular formula is C26H38O8. The first-order chi connectivity index (χ1) is 16.0. The fourth-order valence-electron chi connectivity index (χ4n) is 2.46. The van der Waals surface area contributed by atoms with Crippen LogP contribution in [0.25, 0.3) is 0 Å². The SMILES string of the molecule is C=C(C)C(=O)OCCOCCOc1ccc(C(C)(C)C)cc1OCCOCCOC(=O)C(=C)C. The van der Waals surface area contributed by atoms with Crippen LogP contribution in [-0.4, -0.2) is 64.8 Å². The molecule has 1 aromatic carbocycles. The van der Waals surface area contributed by atoms with Gasteiger partial charge in [0.1, 0.15) is 26.4 Å². The van der Waals surface area contributed by atoms with Crippen molar-refractivity contribution in [3.05, 3.63) is 48.1 Å². The summed E-state index contributed by atoms with van der Waals surface area (Å²) in [6, 6.07) is 5.84. The van der Waals surface area contributed by atoms with Gasteiger partial charge in [0.05, 0.1) is 26.4 Å². The average Bonchev–Trinajstić information content (AvgIpc) is 2.77. The Balaban J connectivity index is 2.46. The van der Waals surface area contributed by atoms with Crippen LogP contribution in [0.3, 0.4) is 0 Å². The standard InChI is InChI=1S/C26H38O8/c1-19(2)24(27)33-16-12-29-10-14-31-22-9-8-21(26(5,6)7)18-23(22)32-15-11-30-13-17-34-25(28)20(3)4/h8-9,18H,1,3,10-17H2,2,4-7H3. The molecule has 0 atom stereocenters. The average molecular weight is 479 g/mol. The van der Waals surface area contributed by atoms with Crippen molar-refractivity contribution in [2.45, 2.75) is 40.0 Å². The second-order valence-corrected chi connectivity index (χ2v) is 8.67. The lowest BCUT2D eigenvalue weighted by Gasteiger charge is -2.21. The van der Waals surface area contributed by atoms with Gasteiger partial charge in [-0.2, -0.15) is 0 Å². The Morgan fingerprint density at radius 2 is 1.15 bits per heavy atom. The number of esters is 2. The Hall–Kier alpha value is -2.84. The number of hydrogen-bond donors (Lipinski definition) is 0. The van der Waals surface area contributed by atoms with E-state index >= 15 is 0 Å². The second kappa shape index (κ2) is 15.1. The highest BCUT2D eigenvalue weighted by Crippen LogP contribution is 2.33. The summed E-state index contributed by atoms with van der Waals surface area (Å²) in [7, 11) is 0. The van der Waals surface area contributed by atoms with E-state index in [-0.39, 0.29) is 31.8 Å². The van der Waals surface area contributed by atoms with Gasteiger partial charge in [-0.25, -0.2) is 9.59 Å². The molecule has 0 amide bonds. The molecule has 1 aromatic rings. The maximum atomic E-state index is 11.3. The van der Waals surface area contributed by atoms with Crippen LogP contribution in [0.4, 0.5) is 0 Å². The molecule has 0 aromatic heterocycles. The van der Waals surface area contributed by atoms with Crippen LogP contribution in [0.2, 0.25) is 0 Å². The summed E-state index contributed by atoms with van der Waals surface area (Å²) in [5.74, 6) is 0.343. The smallest absolute Gasteiger partial charge is 0.333 e. The van der Waals surface area contributed by atoms with Crippen molar-refractivity contribution < 1.29 is 38.0 Å². The van der Waals surface area contributed by atoms with Gasteiger partial charge in [0.25, 0.3) is 0 Å². The van der Waals surface area contributed by atoms with E-state index in [1.54, 1.807) is 13.8 Å². The van der Waals surface area contributed by atoms with E-state index in [0.717, 1.165) is 5.56 Å². The van der Waals surface area contributed by atoms with Gasteiger partial charge in [0.2, 0.25) is 0 Å². The number of rotatable bonds is 16. The summed E-state index contributed by atoms with van der Waals surface area (Å²) in [5.41, 5.74) is 1.76. The first-order valence-corrected chi connectivity index (χ1v) is 11.2. The van der Waals surface area contributed by atoms with Crippen LogP contribution in [0.1, 0.15) is 40.2 Å². The minimum absolute atomic E-state index is 0.0510. The quantitative estimate of drug-likeness (QED) is 0.200. The second-order valence-electron chi connectivity index (χ2n) is 8.67. The minimum Gasteiger partial charge on any atom is -0.487 e. The summed E-state index contributed by atoms with van der Waals surface area (Å²) in [4.78, 5) is 22.6. The van der Waals surface area contributed by atoms with E-state index in [1.807, 2.05) is 18.2 Å². The van der Waals surface area contributed by atoms with Crippen LogP contribution in [0, 0.1) is 0 Å². The van der Waals surface area contributed by atoms with E-state index in [1.165, 1.54) is 0 Å². The Kier molecular flexibility index (Phi) is 13.0. The number of hydrogen-bond acceptors (Lipinski definition) is 8.